The van der Waals surface area contributed by atoms with Gasteiger partial charge < -0.3 is 5.32 Å². The van der Waals surface area contributed by atoms with Crippen LogP contribution in [0.1, 0.15) is 30.4 Å². The molecule has 1 amide bonds. The molecule has 0 unspecified atom stereocenters. The number of benzene rings is 2. The number of nitrogens with one attached hydrogen (secondary N) is 1. The summed E-state index contributed by atoms with van der Waals surface area (Å²) < 4.78 is 26.6. The Labute approximate surface area is 165 Å². The van der Waals surface area contributed by atoms with Crippen LogP contribution in [0.2, 0.25) is 5.02 Å². The van der Waals surface area contributed by atoms with E-state index < -0.39 is 10.0 Å². The lowest BCUT2D eigenvalue weighted by Gasteiger charge is -2.15. The van der Waals surface area contributed by atoms with Crippen LogP contribution in [0.15, 0.2) is 47.4 Å². The van der Waals surface area contributed by atoms with E-state index in [9.17, 15) is 13.2 Å². The quantitative estimate of drug-likeness (QED) is 0.788. The number of aryl methyl sites for hydroxylation is 2. The van der Waals surface area contributed by atoms with Crippen LogP contribution < -0.4 is 5.32 Å². The van der Waals surface area contributed by atoms with Crippen LogP contribution in [0.5, 0.6) is 0 Å². The van der Waals surface area contributed by atoms with Crippen molar-refractivity contribution in [2.24, 2.45) is 0 Å². The van der Waals surface area contributed by atoms with Gasteiger partial charge in [0.1, 0.15) is 0 Å². The normalized spacial score (nSPS) is 15.0. The molecule has 1 saturated heterocycles. The second kappa shape index (κ2) is 8.42. The molecule has 2 aromatic rings. The van der Waals surface area contributed by atoms with Gasteiger partial charge in [0.15, 0.2) is 0 Å². The van der Waals surface area contributed by atoms with Gasteiger partial charge in [-0.3, -0.25) is 4.79 Å². The number of rotatable bonds is 6. The molecule has 1 fully saturated rings. The van der Waals surface area contributed by atoms with Gasteiger partial charge in [0.05, 0.1) is 4.90 Å². The molecule has 1 heterocycles. The van der Waals surface area contributed by atoms with Crippen molar-refractivity contribution < 1.29 is 13.2 Å². The molecule has 1 aliphatic heterocycles. The van der Waals surface area contributed by atoms with E-state index >= 15 is 0 Å². The number of nitrogens with zero attached hydrogens (tertiary/aromatic N) is 1. The first-order valence-electron chi connectivity index (χ1n) is 9.01. The fraction of sp³-hybridized carbons (Fsp3) is 0.350. The highest BCUT2D eigenvalue weighted by Crippen LogP contribution is 2.22. The molecule has 0 radical (unpaired) electrons. The molecule has 27 heavy (non-hydrogen) atoms. The molecule has 5 nitrogen and oxygen atoms in total. The molecule has 0 bridgehead atoms. The van der Waals surface area contributed by atoms with Gasteiger partial charge in [-0.2, -0.15) is 4.31 Å². The maximum absolute atomic E-state index is 12.5. The Morgan fingerprint density at radius 3 is 2.41 bits per heavy atom. The van der Waals surface area contributed by atoms with E-state index in [0.29, 0.717) is 35.8 Å². The molecular weight excluding hydrogens is 384 g/mol. The highest BCUT2D eigenvalue weighted by molar-refractivity contribution is 7.89. The van der Waals surface area contributed by atoms with Crippen molar-refractivity contribution in [1.29, 1.82) is 0 Å². The summed E-state index contributed by atoms with van der Waals surface area (Å²) in [5.74, 6) is -0.0887. The Kier molecular flexibility index (Phi) is 6.19. The van der Waals surface area contributed by atoms with Gasteiger partial charge in [0.2, 0.25) is 15.9 Å². The zero-order valence-corrected chi connectivity index (χ0v) is 16.8. The monoisotopic (exact) mass is 406 g/mol. The van der Waals surface area contributed by atoms with E-state index in [-0.39, 0.29) is 5.91 Å². The van der Waals surface area contributed by atoms with Gasteiger partial charge in [-0.15, -0.1) is 0 Å². The van der Waals surface area contributed by atoms with E-state index in [1.54, 1.807) is 42.5 Å². The van der Waals surface area contributed by atoms with Crippen LogP contribution >= 0.6 is 11.6 Å². The average Bonchev–Trinajstić information content (AvgIpc) is 3.18. The van der Waals surface area contributed by atoms with Crippen molar-refractivity contribution in [3.8, 4) is 0 Å². The summed E-state index contributed by atoms with van der Waals surface area (Å²) in [6, 6.07) is 12.1. The van der Waals surface area contributed by atoms with Crippen molar-refractivity contribution in [1.82, 2.24) is 4.31 Å². The Bertz CT molecular complexity index is 921. The number of hydrogen-bond donors (Lipinski definition) is 1. The molecule has 7 heteroatoms. The van der Waals surface area contributed by atoms with Crippen LogP contribution in [0.4, 0.5) is 5.69 Å². The lowest BCUT2D eigenvalue weighted by molar-refractivity contribution is -0.116. The summed E-state index contributed by atoms with van der Waals surface area (Å²) in [6.07, 6.45) is 2.70. The number of carbonyl (C=O) groups excluding carboxylic acids is 1. The molecule has 1 aliphatic rings. The molecule has 1 N–H and O–H groups in total. The summed E-state index contributed by atoms with van der Waals surface area (Å²) in [5, 5.41) is 3.51. The summed E-state index contributed by atoms with van der Waals surface area (Å²) in [7, 11) is -3.39. The SMILES string of the molecule is Cc1cc(Cl)ccc1NC(=O)CCc1ccc(S(=O)(=O)N2CCCC2)cc1. The van der Waals surface area contributed by atoms with Gasteiger partial charge in [-0.1, -0.05) is 23.7 Å². The largest absolute Gasteiger partial charge is 0.326 e. The van der Waals surface area contributed by atoms with Crippen molar-refractivity contribution in [3.63, 3.8) is 0 Å². The molecule has 0 aliphatic carbocycles. The lowest BCUT2D eigenvalue weighted by atomic mass is 10.1. The van der Waals surface area contributed by atoms with E-state index in [2.05, 4.69) is 5.32 Å². The van der Waals surface area contributed by atoms with Gasteiger partial charge in [0.25, 0.3) is 0 Å². The molecule has 3 rings (SSSR count). The Hall–Kier alpha value is -1.89. The summed E-state index contributed by atoms with van der Waals surface area (Å²) in [4.78, 5) is 12.5. The Morgan fingerprint density at radius 1 is 1.11 bits per heavy atom. The van der Waals surface area contributed by atoms with Crippen LogP contribution in [0.3, 0.4) is 0 Å². The minimum atomic E-state index is -3.39. The number of halogens is 1. The number of carbonyl (C=O) groups is 1. The maximum atomic E-state index is 12.5. The predicted molar refractivity (Wildman–Crippen MR) is 108 cm³/mol. The van der Waals surface area contributed by atoms with Gasteiger partial charge in [-0.25, -0.2) is 8.42 Å². The number of amides is 1. The number of anilines is 1. The van der Waals surface area contributed by atoms with Gasteiger partial charge >= 0.3 is 0 Å². The summed E-state index contributed by atoms with van der Waals surface area (Å²) >= 11 is 5.92. The first-order valence-corrected chi connectivity index (χ1v) is 10.8. The topological polar surface area (TPSA) is 66.5 Å². The number of sulfonamides is 1. The smallest absolute Gasteiger partial charge is 0.243 e. The molecule has 0 aromatic heterocycles. The van der Waals surface area contributed by atoms with Gasteiger partial charge in [-0.05, 0) is 67.6 Å². The molecular formula is C20H23ClN2O3S. The Morgan fingerprint density at radius 2 is 1.78 bits per heavy atom. The van der Waals surface area contributed by atoms with Crippen LogP contribution in [-0.4, -0.2) is 31.7 Å². The third-order valence-corrected chi connectivity index (χ3v) is 6.88. The molecule has 2 aromatic carbocycles. The zero-order chi connectivity index (χ0) is 19.4. The minimum absolute atomic E-state index is 0.0887. The van der Waals surface area contributed by atoms with Crippen molar-refractivity contribution in [2.45, 2.75) is 37.5 Å². The zero-order valence-electron chi connectivity index (χ0n) is 15.2. The summed E-state index contributed by atoms with van der Waals surface area (Å²) in [6.45, 7) is 3.07. The first kappa shape index (κ1) is 19.9. The fourth-order valence-electron chi connectivity index (χ4n) is 3.14. The van der Waals surface area contributed by atoms with Crippen LogP contribution in [0, 0.1) is 6.92 Å². The first-order chi connectivity index (χ1) is 12.9. The lowest BCUT2D eigenvalue weighted by Crippen LogP contribution is -2.27. The molecule has 0 atom stereocenters. The maximum Gasteiger partial charge on any atom is 0.243 e. The highest BCUT2D eigenvalue weighted by Gasteiger charge is 2.26. The van der Waals surface area contributed by atoms with Gasteiger partial charge in [0, 0.05) is 30.2 Å². The third-order valence-electron chi connectivity index (χ3n) is 4.73. The number of hydrogen-bond acceptors (Lipinski definition) is 3. The minimum Gasteiger partial charge on any atom is -0.326 e. The molecule has 0 spiro atoms. The van der Waals surface area contributed by atoms with Crippen molar-refractivity contribution in [3.05, 3.63) is 58.6 Å². The fourth-order valence-corrected chi connectivity index (χ4v) is 4.89. The summed E-state index contributed by atoms with van der Waals surface area (Å²) in [5.41, 5.74) is 2.59. The highest BCUT2D eigenvalue weighted by atomic mass is 35.5. The Balaban J connectivity index is 1.57. The van der Waals surface area contributed by atoms with Crippen molar-refractivity contribution in [2.75, 3.05) is 18.4 Å². The van der Waals surface area contributed by atoms with E-state index in [1.165, 1.54) is 4.31 Å². The van der Waals surface area contributed by atoms with E-state index in [4.69, 9.17) is 11.6 Å². The molecule has 144 valence electrons. The molecule has 0 saturated carbocycles. The van der Waals surface area contributed by atoms with E-state index in [0.717, 1.165) is 29.7 Å². The van der Waals surface area contributed by atoms with Crippen molar-refractivity contribution >= 4 is 33.2 Å². The van der Waals surface area contributed by atoms with Crippen LogP contribution in [0.25, 0.3) is 0 Å². The van der Waals surface area contributed by atoms with Crippen LogP contribution in [-0.2, 0) is 21.2 Å². The average molecular weight is 407 g/mol. The standard InChI is InChI=1S/C20H23ClN2O3S/c1-15-14-17(21)7-10-19(15)22-20(24)11-6-16-4-8-18(9-5-16)27(25,26)23-12-2-3-13-23/h4-5,7-10,14H,2-3,6,11-13H2,1H3,(H,22,24). The second-order valence-electron chi connectivity index (χ2n) is 6.76. The van der Waals surface area contributed by atoms with E-state index in [1.807, 2.05) is 6.92 Å². The second-order valence-corrected chi connectivity index (χ2v) is 9.14. The third kappa shape index (κ3) is 4.89. The predicted octanol–water partition coefficient (Wildman–Crippen LogP) is 4.00.